The summed E-state index contributed by atoms with van der Waals surface area (Å²) >= 11 is 1.41. The van der Waals surface area contributed by atoms with Crippen LogP contribution in [-0.2, 0) is 13.0 Å². The number of rotatable bonds is 6. The van der Waals surface area contributed by atoms with E-state index in [9.17, 15) is 18.0 Å². The highest BCUT2D eigenvalue weighted by atomic mass is 32.1. The van der Waals surface area contributed by atoms with Crippen LogP contribution in [0.15, 0.2) is 36.5 Å². The van der Waals surface area contributed by atoms with Gasteiger partial charge in [-0.1, -0.05) is 18.2 Å². The number of carbonyl (C=O) groups is 1. The van der Waals surface area contributed by atoms with Crippen LogP contribution in [0.1, 0.15) is 22.6 Å². The number of carbonyl (C=O) groups excluding carboxylic acids is 1. The molecule has 1 aromatic carbocycles. The SMILES string of the molecule is O=C(NCCc1nsc2ccccc12)c1ccn(CCC(F)(F)F)n1. The third kappa shape index (κ3) is 4.56. The van der Waals surface area contributed by atoms with Gasteiger partial charge in [0.25, 0.3) is 5.91 Å². The Morgan fingerprint density at radius 3 is 2.84 bits per heavy atom. The van der Waals surface area contributed by atoms with E-state index in [1.54, 1.807) is 0 Å². The van der Waals surface area contributed by atoms with Crippen LogP contribution in [0, 0.1) is 0 Å². The molecule has 9 heteroatoms. The Balaban J connectivity index is 1.52. The lowest BCUT2D eigenvalue weighted by Crippen LogP contribution is -2.26. The zero-order valence-electron chi connectivity index (χ0n) is 13.1. The minimum Gasteiger partial charge on any atom is -0.350 e. The van der Waals surface area contributed by atoms with Crippen LogP contribution in [0.3, 0.4) is 0 Å². The Kier molecular flexibility index (Phi) is 5.03. The first-order valence-electron chi connectivity index (χ1n) is 7.64. The van der Waals surface area contributed by atoms with Gasteiger partial charge in [-0.25, -0.2) is 0 Å². The summed E-state index contributed by atoms with van der Waals surface area (Å²) in [5.41, 5.74) is 1.02. The van der Waals surface area contributed by atoms with Gasteiger partial charge < -0.3 is 5.32 Å². The normalized spacial score (nSPS) is 11.8. The second kappa shape index (κ2) is 7.22. The van der Waals surface area contributed by atoms with E-state index in [4.69, 9.17) is 0 Å². The van der Waals surface area contributed by atoms with E-state index < -0.39 is 18.5 Å². The van der Waals surface area contributed by atoms with Crippen molar-refractivity contribution in [3.63, 3.8) is 0 Å². The third-order valence-electron chi connectivity index (χ3n) is 3.60. The average molecular weight is 368 g/mol. The van der Waals surface area contributed by atoms with E-state index >= 15 is 0 Å². The highest BCUT2D eigenvalue weighted by Crippen LogP contribution is 2.22. The lowest BCUT2D eigenvalue weighted by Gasteiger charge is -2.05. The van der Waals surface area contributed by atoms with Gasteiger partial charge in [0.2, 0.25) is 0 Å². The smallest absolute Gasteiger partial charge is 0.350 e. The van der Waals surface area contributed by atoms with Crippen molar-refractivity contribution in [1.29, 1.82) is 0 Å². The van der Waals surface area contributed by atoms with Crippen LogP contribution in [0.4, 0.5) is 13.2 Å². The fourth-order valence-electron chi connectivity index (χ4n) is 2.35. The van der Waals surface area contributed by atoms with E-state index in [1.165, 1.54) is 23.8 Å². The van der Waals surface area contributed by atoms with Crippen molar-refractivity contribution in [2.75, 3.05) is 6.54 Å². The van der Waals surface area contributed by atoms with Gasteiger partial charge in [-0.05, 0) is 23.7 Å². The number of halogens is 3. The van der Waals surface area contributed by atoms with Crippen LogP contribution in [0.25, 0.3) is 10.1 Å². The Bertz CT molecular complexity index is 872. The topological polar surface area (TPSA) is 59.8 Å². The molecule has 1 N–H and O–H groups in total. The molecule has 25 heavy (non-hydrogen) atoms. The number of hydrogen-bond acceptors (Lipinski definition) is 4. The number of nitrogens with zero attached hydrogens (tertiary/aromatic N) is 3. The van der Waals surface area contributed by atoms with Gasteiger partial charge in [0.05, 0.1) is 16.8 Å². The fourth-order valence-corrected chi connectivity index (χ4v) is 3.17. The largest absolute Gasteiger partial charge is 0.390 e. The van der Waals surface area contributed by atoms with Gasteiger partial charge in [0.15, 0.2) is 0 Å². The highest BCUT2D eigenvalue weighted by Gasteiger charge is 2.26. The zero-order chi connectivity index (χ0) is 17.9. The predicted molar refractivity (Wildman–Crippen MR) is 88.6 cm³/mol. The maximum Gasteiger partial charge on any atom is 0.390 e. The van der Waals surface area contributed by atoms with Gasteiger partial charge in [-0.3, -0.25) is 9.48 Å². The van der Waals surface area contributed by atoms with Gasteiger partial charge in [0.1, 0.15) is 5.69 Å². The minimum atomic E-state index is -4.25. The molecule has 0 aliphatic rings. The quantitative estimate of drug-likeness (QED) is 0.725. The van der Waals surface area contributed by atoms with Crippen LogP contribution in [0.2, 0.25) is 0 Å². The molecule has 0 saturated carbocycles. The molecular formula is C16H15F3N4OS. The van der Waals surface area contributed by atoms with Gasteiger partial charge in [-0.2, -0.15) is 22.6 Å². The Labute approximate surface area is 145 Å². The summed E-state index contributed by atoms with van der Waals surface area (Å²) in [7, 11) is 0. The summed E-state index contributed by atoms with van der Waals surface area (Å²) < 4.78 is 43.2. The number of fused-ring (bicyclic) bond motifs is 1. The summed E-state index contributed by atoms with van der Waals surface area (Å²) in [6.45, 7) is 0.0730. The second-order valence-corrected chi connectivity index (χ2v) is 6.27. The summed E-state index contributed by atoms with van der Waals surface area (Å²) in [4.78, 5) is 12.0. The standard InChI is InChI=1S/C16H15F3N4OS/c17-16(18,19)7-10-23-9-6-13(21-23)15(24)20-8-5-12-11-3-1-2-4-14(11)25-22-12/h1-4,6,9H,5,7-8,10H2,(H,20,24). The lowest BCUT2D eigenvalue weighted by atomic mass is 10.2. The van der Waals surface area contributed by atoms with Crippen molar-refractivity contribution in [2.24, 2.45) is 0 Å². The molecule has 0 bridgehead atoms. The third-order valence-corrected chi connectivity index (χ3v) is 4.46. The second-order valence-electron chi connectivity index (χ2n) is 5.46. The predicted octanol–water partition coefficient (Wildman–Crippen LogP) is 3.42. The first-order chi connectivity index (χ1) is 11.9. The molecule has 0 unspecified atom stereocenters. The molecule has 0 radical (unpaired) electrons. The fraction of sp³-hybridized carbons (Fsp3) is 0.312. The highest BCUT2D eigenvalue weighted by molar-refractivity contribution is 7.13. The molecule has 0 saturated heterocycles. The molecule has 0 spiro atoms. The lowest BCUT2D eigenvalue weighted by molar-refractivity contribution is -0.137. The van der Waals surface area contributed by atoms with Crippen molar-refractivity contribution in [3.05, 3.63) is 47.9 Å². The number of aromatic nitrogens is 3. The molecule has 2 heterocycles. The van der Waals surface area contributed by atoms with E-state index in [-0.39, 0.29) is 12.2 Å². The Morgan fingerprint density at radius 2 is 2.04 bits per heavy atom. The molecule has 0 aliphatic heterocycles. The van der Waals surface area contributed by atoms with E-state index in [0.29, 0.717) is 13.0 Å². The zero-order valence-corrected chi connectivity index (χ0v) is 13.9. The minimum absolute atomic E-state index is 0.102. The maximum atomic E-state index is 12.2. The van der Waals surface area contributed by atoms with Crippen molar-refractivity contribution < 1.29 is 18.0 Å². The van der Waals surface area contributed by atoms with Gasteiger partial charge >= 0.3 is 6.18 Å². The molecule has 3 rings (SSSR count). The van der Waals surface area contributed by atoms with Crippen LogP contribution in [-0.4, -0.2) is 32.8 Å². The molecular weight excluding hydrogens is 353 g/mol. The first-order valence-corrected chi connectivity index (χ1v) is 8.41. The maximum absolute atomic E-state index is 12.2. The van der Waals surface area contributed by atoms with Crippen molar-refractivity contribution in [1.82, 2.24) is 19.5 Å². The van der Waals surface area contributed by atoms with Gasteiger partial charge in [0, 0.05) is 31.1 Å². The molecule has 0 atom stereocenters. The van der Waals surface area contributed by atoms with Crippen LogP contribution >= 0.6 is 11.5 Å². The molecule has 3 aromatic rings. The first kappa shape index (κ1) is 17.4. The number of benzene rings is 1. The molecule has 0 aliphatic carbocycles. The monoisotopic (exact) mass is 368 g/mol. The molecule has 2 aromatic heterocycles. The molecule has 1 amide bonds. The van der Waals surface area contributed by atoms with Crippen LogP contribution in [0.5, 0.6) is 0 Å². The van der Waals surface area contributed by atoms with Crippen molar-refractivity contribution >= 4 is 27.5 Å². The van der Waals surface area contributed by atoms with E-state index in [1.807, 2.05) is 24.3 Å². The number of aryl methyl sites for hydroxylation is 1. The summed E-state index contributed by atoms with van der Waals surface area (Å²) in [6.07, 6.45) is -3.28. The van der Waals surface area contributed by atoms with E-state index in [0.717, 1.165) is 20.5 Å². The molecule has 132 valence electrons. The van der Waals surface area contributed by atoms with Crippen LogP contribution < -0.4 is 5.32 Å². The Hall–Kier alpha value is -2.42. The van der Waals surface area contributed by atoms with Crippen molar-refractivity contribution in [3.8, 4) is 0 Å². The molecule has 0 fully saturated rings. The summed E-state index contributed by atoms with van der Waals surface area (Å²) in [5, 5.41) is 7.65. The average Bonchev–Trinajstić information content (AvgIpc) is 3.19. The Morgan fingerprint density at radius 1 is 1.24 bits per heavy atom. The number of alkyl halides is 3. The number of nitrogens with one attached hydrogen (secondary N) is 1. The number of hydrogen-bond donors (Lipinski definition) is 1. The summed E-state index contributed by atoms with van der Waals surface area (Å²) in [5.74, 6) is -0.412. The van der Waals surface area contributed by atoms with Crippen molar-refractivity contribution in [2.45, 2.75) is 25.6 Å². The summed E-state index contributed by atoms with van der Waals surface area (Å²) in [6, 6.07) is 9.26. The number of amides is 1. The van der Waals surface area contributed by atoms with Gasteiger partial charge in [-0.15, -0.1) is 0 Å². The van der Waals surface area contributed by atoms with E-state index in [2.05, 4.69) is 14.8 Å². The molecule has 5 nitrogen and oxygen atoms in total.